The van der Waals surface area contributed by atoms with E-state index in [-0.39, 0.29) is 19.3 Å². The number of ether oxygens (including phenoxy) is 1. The highest BCUT2D eigenvalue weighted by Gasteiger charge is 2.60. The number of imide groups is 1. The molecular weight excluding hydrogens is 417 g/mol. The van der Waals surface area contributed by atoms with Gasteiger partial charge in [0.15, 0.2) is 5.54 Å². The van der Waals surface area contributed by atoms with Crippen molar-refractivity contribution in [3.8, 4) is 5.75 Å². The molecular formula is C17H16BrF3N2O3. The van der Waals surface area contributed by atoms with Gasteiger partial charge in [0.05, 0.1) is 5.92 Å². The smallest absolute Gasteiger partial charge is 0.391 e. The van der Waals surface area contributed by atoms with Gasteiger partial charge in [-0.05, 0) is 43.9 Å². The highest BCUT2D eigenvalue weighted by atomic mass is 79.9. The Morgan fingerprint density at radius 3 is 2.69 bits per heavy atom. The number of alkyl halides is 3. The molecule has 3 atom stereocenters. The Morgan fingerprint density at radius 1 is 1.27 bits per heavy atom. The molecule has 2 aliphatic heterocycles. The van der Waals surface area contributed by atoms with Gasteiger partial charge in [-0.2, -0.15) is 13.2 Å². The number of rotatable bonds is 0. The standard InChI is InChI=1S/C17H16BrF3N2O3/c18-10-3-4-12-11(6-10)16(13(24)22-14(25)23-16)8-15(26-12)5-1-2-9(7-15)17(19,20)21/h3-4,6,9H,1-2,5,7-8H2,(H2,22,23,24,25). The van der Waals surface area contributed by atoms with E-state index in [0.717, 1.165) is 0 Å². The van der Waals surface area contributed by atoms with E-state index in [0.29, 0.717) is 28.6 Å². The number of benzene rings is 1. The molecule has 2 spiro atoms. The molecule has 1 aliphatic carbocycles. The predicted molar refractivity (Wildman–Crippen MR) is 88.5 cm³/mol. The van der Waals surface area contributed by atoms with Crippen LogP contribution in [0, 0.1) is 5.92 Å². The molecule has 9 heteroatoms. The van der Waals surface area contributed by atoms with Gasteiger partial charge in [-0.1, -0.05) is 15.9 Å². The fourth-order valence-electron chi connectivity index (χ4n) is 4.43. The highest BCUT2D eigenvalue weighted by molar-refractivity contribution is 9.10. The van der Waals surface area contributed by atoms with Crippen LogP contribution in [0.4, 0.5) is 18.0 Å². The van der Waals surface area contributed by atoms with E-state index in [1.54, 1.807) is 18.2 Å². The molecule has 140 valence electrons. The number of nitrogens with one attached hydrogen (secondary N) is 2. The first-order chi connectivity index (χ1) is 12.1. The van der Waals surface area contributed by atoms with E-state index in [9.17, 15) is 22.8 Å². The summed E-state index contributed by atoms with van der Waals surface area (Å²) < 4.78 is 46.7. The third-order valence-corrected chi connectivity index (χ3v) is 6.02. The predicted octanol–water partition coefficient (Wildman–Crippen LogP) is 3.76. The quantitative estimate of drug-likeness (QED) is 0.613. The van der Waals surface area contributed by atoms with Crippen LogP contribution in [0.2, 0.25) is 0 Å². The summed E-state index contributed by atoms with van der Waals surface area (Å²) in [5, 5.41) is 4.86. The molecule has 0 bridgehead atoms. The second-order valence-electron chi connectivity index (χ2n) is 7.25. The van der Waals surface area contributed by atoms with Crippen molar-refractivity contribution in [3.63, 3.8) is 0 Å². The fraction of sp³-hybridized carbons (Fsp3) is 0.529. The number of carbonyl (C=O) groups excluding carboxylic acids is 2. The maximum Gasteiger partial charge on any atom is 0.391 e. The van der Waals surface area contributed by atoms with E-state index >= 15 is 0 Å². The van der Waals surface area contributed by atoms with Gasteiger partial charge in [0.2, 0.25) is 0 Å². The summed E-state index contributed by atoms with van der Waals surface area (Å²) in [6.45, 7) is 0. The Bertz CT molecular complexity index is 800. The Hall–Kier alpha value is -1.77. The zero-order valence-corrected chi connectivity index (χ0v) is 15.2. The zero-order chi connectivity index (χ0) is 18.7. The van der Waals surface area contributed by atoms with Crippen molar-refractivity contribution < 1.29 is 27.5 Å². The molecule has 1 aromatic rings. The van der Waals surface area contributed by atoms with Crippen LogP contribution in [0.25, 0.3) is 0 Å². The molecule has 0 radical (unpaired) electrons. The van der Waals surface area contributed by atoms with Crippen LogP contribution < -0.4 is 15.4 Å². The SMILES string of the molecule is O=C1NC(=O)C2(CC3(CCCC(C(F)(F)F)C3)Oc3ccc(Br)cc32)N1. The molecule has 1 aromatic carbocycles. The normalized spacial score (nSPS) is 33.6. The molecule has 3 aliphatic rings. The second-order valence-corrected chi connectivity index (χ2v) is 8.17. The molecule has 2 heterocycles. The zero-order valence-electron chi connectivity index (χ0n) is 13.6. The van der Waals surface area contributed by atoms with Gasteiger partial charge in [-0.3, -0.25) is 10.1 Å². The first-order valence-corrected chi connectivity index (χ1v) is 9.12. The van der Waals surface area contributed by atoms with Crippen molar-refractivity contribution in [2.45, 2.75) is 49.4 Å². The van der Waals surface area contributed by atoms with Gasteiger partial charge in [-0.25, -0.2) is 4.79 Å². The van der Waals surface area contributed by atoms with Crippen molar-refractivity contribution in [1.29, 1.82) is 0 Å². The number of urea groups is 1. The lowest BCUT2D eigenvalue weighted by Gasteiger charge is -2.49. The van der Waals surface area contributed by atoms with Gasteiger partial charge in [-0.15, -0.1) is 0 Å². The topological polar surface area (TPSA) is 67.4 Å². The van der Waals surface area contributed by atoms with Crippen molar-refractivity contribution in [3.05, 3.63) is 28.2 Å². The van der Waals surface area contributed by atoms with Crippen LogP contribution in [0.1, 0.15) is 37.7 Å². The number of hydrogen-bond donors (Lipinski definition) is 2. The van der Waals surface area contributed by atoms with E-state index in [1.165, 1.54) is 0 Å². The number of carbonyl (C=O) groups is 2. The van der Waals surface area contributed by atoms with E-state index in [4.69, 9.17) is 4.74 Å². The van der Waals surface area contributed by atoms with Gasteiger partial charge in [0, 0.05) is 16.5 Å². The fourth-order valence-corrected chi connectivity index (χ4v) is 4.80. The number of amides is 3. The lowest BCUT2D eigenvalue weighted by atomic mass is 9.68. The Kier molecular flexibility index (Phi) is 3.81. The van der Waals surface area contributed by atoms with Crippen molar-refractivity contribution in [2.75, 3.05) is 0 Å². The molecule has 2 fully saturated rings. The third-order valence-electron chi connectivity index (χ3n) is 5.52. The van der Waals surface area contributed by atoms with Crippen molar-refractivity contribution in [1.82, 2.24) is 10.6 Å². The van der Waals surface area contributed by atoms with Crippen molar-refractivity contribution in [2.24, 2.45) is 5.92 Å². The van der Waals surface area contributed by atoms with E-state index in [2.05, 4.69) is 26.6 Å². The summed E-state index contributed by atoms with van der Waals surface area (Å²) in [5.74, 6) is -1.70. The van der Waals surface area contributed by atoms with Gasteiger partial charge < -0.3 is 10.1 Å². The summed E-state index contributed by atoms with van der Waals surface area (Å²) in [5.41, 5.74) is -2.11. The van der Waals surface area contributed by atoms with E-state index in [1.807, 2.05) is 0 Å². The minimum atomic E-state index is -4.31. The summed E-state index contributed by atoms with van der Waals surface area (Å²) >= 11 is 3.33. The molecule has 1 saturated carbocycles. The van der Waals surface area contributed by atoms with Crippen LogP contribution in [0.3, 0.4) is 0 Å². The Labute approximate surface area is 155 Å². The molecule has 5 nitrogen and oxygen atoms in total. The summed E-state index contributed by atoms with van der Waals surface area (Å²) in [6, 6.07) is 4.33. The minimum Gasteiger partial charge on any atom is -0.487 e. The molecule has 3 unspecified atom stereocenters. The summed E-state index contributed by atoms with van der Waals surface area (Å²) in [7, 11) is 0. The van der Waals surface area contributed by atoms with Gasteiger partial charge in [0.1, 0.15) is 11.4 Å². The Balaban J connectivity index is 1.80. The van der Waals surface area contributed by atoms with Gasteiger partial charge >= 0.3 is 12.2 Å². The maximum absolute atomic E-state index is 13.3. The monoisotopic (exact) mass is 432 g/mol. The molecule has 4 rings (SSSR count). The largest absolute Gasteiger partial charge is 0.487 e. The second kappa shape index (κ2) is 5.61. The third kappa shape index (κ3) is 2.67. The molecule has 3 amide bonds. The average molecular weight is 433 g/mol. The van der Waals surface area contributed by atoms with Crippen molar-refractivity contribution >= 4 is 27.9 Å². The lowest BCUT2D eigenvalue weighted by Crippen LogP contribution is -2.58. The Morgan fingerprint density at radius 2 is 2.04 bits per heavy atom. The molecule has 2 N–H and O–H groups in total. The van der Waals surface area contributed by atoms with Crippen LogP contribution in [-0.4, -0.2) is 23.7 Å². The summed E-state index contributed by atoms with van der Waals surface area (Å²) in [4.78, 5) is 24.5. The summed E-state index contributed by atoms with van der Waals surface area (Å²) in [6.07, 6.45) is -3.76. The molecule has 1 saturated heterocycles. The highest BCUT2D eigenvalue weighted by Crippen LogP contribution is 2.53. The van der Waals surface area contributed by atoms with Crippen LogP contribution in [0.5, 0.6) is 5.75 Å². The van der Waals surface area contributed by atoms with E-state index < -0.39 is 35.2 Å². The number of hydrogen-bond acceptors (Lipinski definition) is 3. The number of halogens is 4. The first-order valence-electron chi connectivity index (χ1n) is 8.33. The van der Waals surface area contributed by atoms with Gasteiger partial charge in [0.25, 0.3) is 5.91 Å². The minimum absolute atomic E-state index is 0.0202. The van der Waals surface area contributed by atoms with Crippen LogP contribution >= 0.6 is 15.9 Å². The maximum atomic E-state index is 13.3. The van der Waals surface area contributed by atoms with Crippen LogP contribution in [0.15, 0.2) is 22.7 Å². The average Bonchev–Trinajstić information content (AvgIpc) is 2.82. The number of fused-ring (bicyclic) bond motifs is 2. The molecule has 0 aromatic heterocycles. The van der Waals surface area contributed by atoms with Crippen LogP contribution in [-0.2, 0) is 10.3 Å². The molecule has 26 heavy (non-hydrogen) atoms. The lowest BCUT2D eigenvalue weighted by molar-refractivity contribution is -0.201. The first kappa shape index (κ1) is 17.6.